The van der Waals surface area contributed by atoms with E-state index in [0.29, 0.717) is 17.3 Å². The van der Waals surface area contributed by atoms with Gasteiger partial charge in [-0.3, -0.25) is 10.4 Å². The average molecular weight is 346 g/mol. The summed E-state index contributed by atoms with van der Waals surface area (Å²) in [5.74, 6) is 0.981. The quantitative estimate of drug-likeness (QED) is 0.787. The highest BCUT2D eigenvalue weighted by Gasteiger charge is 2.18. The Hall–Kier alpha value is -3.54. The summed E-state index contributed by atoms with van der Waals surface area (Å²) in [6.07, 6.45) is 3.42. The van der Waals surface area contributed by atoms with Crippen LogP contribution in [0.2, 0.25) is 0 Å². The fourth-order valence-electron chi connectivity index (χ4n) is 2.70. The van der Waals surface area contributed by atoms with Crippen molar-refractivity contribution in [2.75, 3.05) is 7.11 Å². The van der Waals surface area contributed by atoms with Crippen molar-refractivity contribution in [3.63, 3.8) is 0 Å². The Balaban J connectivity index is 1.88. The first-order valence-electron chi connectivity index (χ1n) is 8.02. The van der Waals surface area contributed by atoms with Crippen LogP contribution in [-0.2, 0) is 0 Å². The van der Waals surface area contributed by atoms with E-state index in [4.69, 9.17) is 9.73 Å². The number of hydrazone groups is 1. The van der Waals surface area contributed by atoms with E-state index < -0.39 is 0 Å². The first-order chi connectivity index (χ1) is 12.7. The lowest BCUT2D eigenvalue weighted by molar-refractivity contribution is 0.415. The minimum Gasteiger partial charge on any atom is -0.497 e. The third-order valence-corrected chi connectivity index (χ3v) is 4.02. The van der Waals surface area contributed by atoms with E-state index in [1.165, 1.54) is 12.1 Å². The zero-order valence-corrected chi connectivity index (χ0v) is 14.0. The molecule has 0 radical (unpaired) electrons. The first-order valence-corrected chi connectivity index (χ1v) is 8.02. The first kappa shape index (κ1) is 16.0. The SMILES string of the molecule is COc1ccc2c(c1)C(c1ccc(F)cc1)=NNC(c1cccnc1)=N2. The zero-order chi connectivity index (χ0) is 17.9. The molecule has 3 aromatic rings. The zero-order valence-electron chi connectivity index (χ0n) is 14.0. The Morgan fingerprint density at radius 2 is 1.85 bits per heavy atom. The molecule has 5 nitrogen and oxygen atoms in total. The summed E-state index contributed by atoms with van der Waals surface area (Å²) in [5, 5.41) is 4.53. The van der Waals surface area contributed by atoms with Gasteiger partial charge in [0, 0.05) is 29.1 Å². The summed E-state index contributed by atoms with van der Waals surface area (Å²) in [6.45, 7) is 0. The van der Waals surface area contributed by atoms with Crippen molar-refractivity contribution in [1.29, 1.82) is 0 Å². The highest BCUT2D eigenvalue weighted by molar-refractivity contribution is 6.18. The van der Waals surface area contributed by atoms with Gasteiger partial charge in [-0.25, -0.2) is 9.38 Å². The van der Waals surface area contributed by atoms with E-state index in [9.17, 15) is 4.39 Å². The summed E-state index contributed by atoms with van der Waals surface area (Å²) in [5.41, 5.74) is 6.78. The van der Waals surface area contributed by atoms with Gasteiger partial charge in [0.2, 0.25) is 0 Å². The number of methoxy groups -OCH3 is 1. The molecule has 0 saturated heterocycles. The van der Waals surface area contributed by atoms with Gasteiger partial charge in [0.1, 0.15) is 17.3 Å². The number of nitrogens with zero attached hydrogens (tertiary/aromatic N) is 3. The smallest absolute Gasteiger partial charge is 0.155 e. The van der Waals surface area contributed by atoms with Crippen molar-refractivity contribution >= 4 is 17.2 Å². The largest absolute Gasteiger partial charge is 0.497 e. The molecule has 26 heavy (non-hydrogen) atoms. The normalized spacial score (nSPS) is 13.0. The number of benzene rings is 2. The van der Waals surface area contributed by atoms with Gasteiger partial charge in [0.15, 0.2) is 5.84 Å². The molecule has 0 fully saturated rings. The summed E-state index contributed by atoms with van der Waals surface area (Å²) in [7, 11) is 1.61. The molecule has 0 aliphatic carbocycles. The van der Waals surface area contributed by atoms with Crippen LogP contribution >= 0.6 is 0 Å². The third-order valence-electron chi connectivity index (χ3n) is 4.02. The summed E-state index contributed by atoms with van der Waals surface area (Å²) in [4.78, 5) is 8.83. The van der Waals surface area contributed by atoms with E-state index >= 15 is 0 Å². The van der Waals surface area contributed by atoms with Crippen molar-refractivity contribution < 1.29 is 9.13 Å². The summed E-state index contributed by atoms with van der Waals surface area (Å²) >= 11 is 0. The number of halogens is 1. The number of pyridine rings is 1. The Kier molecular flexibility index (Phi) is 4.15. The molecular weight excluding hydrogens is 331 g/mol. The van der Waals surface area contributed by atoms with E-state index in [-0.39, 0.29) is 5.82 Å². The number of amidine groups is 1. The van der Waals surface area contributed by atoms with Gasteiger partial charge in [-0.1, -0.05) is 0 Å². The van der Waals surface area contributed by atoms with Crippen molar-refractivity contribution in [3.05, 3.63) is 89.5 Å². The van der Waals surface area contributed by atoms with E-state index in [0.717, 1.165) is 22.4 Å². The minimum atomic E-state index is -0.297. The Morgan fingerprint density at radius 3 is 2.58 bits per heavy atom. The lowest BCUT2D eigenvalue weighted by Gasteiger charge is -2.09. The lowest BCUT2D eigenvalue weighted by atomic mass is 10.0. The van der Waals surface area contributed by atoms with Crippen LogP contribution in [0.25, 0.3) is 0 Å². The molecule has 1 aliphatic heterocycles. The Morgan fingerprint density at radius 1 is 1.00 bits per heavy atom. The molecule has 0 spiro atoms. The molecule has 2 heterocycles. The van der Waals surface area contributed by atoms with Crippen molar-refractivity contribution in [1.82, 2.24) is 10.4 Å². The molecular formula is C20H15FN4O. The van der Waals surface area contributed by atoms with Crippen LogP contribution in [0.4, 0.5) is 10.1 Å². The van der Waals surface area contributed by atoms with Crippen LogP contribution in [0.3, 0.4) is 0 Å². The second-order valence-corrected chi connectivity index (χ2v) is 5.66. The molecule has 2 aromatic carbocycles. The molecule has 6 heteroatoms. The molecule has 0 saturated carbocycles. The maximum absolute atomic E-state index is 13.3. The van der Waals surface area contributed by atoms with Crippen LogP contribution in [0.15, 0.2) is 77.1 Å². The number of hydrogen-bond donors (Lipinski definition) is 1. The monoisotopic (exact) mass is 346 g/mol. The molecule has 128 valence electrons. The third kappa shape index (κ3) is 3.04. The molecule has 1 N–H and O–H groups in total. The average Bonchev–Trinajstić information content (AvgIpc) is 2.88. The number of nitrogens with one attached hydrogen (secondary N) is 1. The van der Waals surface area contributed by atoms with Crippen LogP contribution in [-0.4, -0.2) is 23.6 Å². The van der Waals surface area contributed by atoms with Crippen LogP contribution in [0.5, 0.6) is 5.75 Å². The van der Waals surface area contributed by atoms with Crippen LogP contribution in [0.1, 0.15) is 16.7 Å². The second-order valence-electron chi connectivity index (χ2n) is 5.66. The molecule has 4 rings (SSSR count). The predicted molar refractivity (Wildman–Crippen MR) is 98.6 cm³/mol. The number of hydrogen-bond acceptors (Lipinski definition) is 5. The molecule has 0 bridgehead atoms. The van der Waals surface area contributed by atoms with Gasteiger partial charge in [0.25, 0.3) is 0 Å². The van der Waals surface area contributed by atoms with Gasteiger partial charge >= 0.3 is 0 Å². The van der Waals surface area contributed by atoms with Crippen molar-refractivity contribution in [2.24, 2.45) is 10.1 Å². The maximum Gasteiger partial charge on any atom is 0.155 e. The predicted octanol–water partition coefficient (Wildman–Crippen LogP) is 3.66. The van der Waals surface area contributed by atoms with E-state index in [2.05, 4.69) is 15.5 Å². The van der Waals surface area contributed by atoms with Crippen LogP contribution in [0, 0.1) is 5.82 Å². The van der Waals surface area contributed by atoms with Crippen LogP contribution < -0.4 is 10.2 Å². The number of aromatic nitrogens is 1. The molecule has 0 amide bonds. The molecule has 0 unspecified atom stereocenters. The maximum atomic E-state index is 13.3. The Labute approximate surface area is 149 Å². The van der Waals surface area contributed by atoms with Gasteiger partial charge in [0.05, 0.1) is 12.8 Å². The fraction of sp³-hybridized carbons (Fsp3) is 0.0500. The van der Waals surface area contributed by atoms with Gasteiger partial charge in [-0.2, -0.15) is 5.10 Å². The van der Waals surface area contributed by atoms with Gasteiger partial charge in [-0.15, -0.1) is 0 Å². The topological polar surface area (TPSA) is 58.9 Å². The van der Waals surface area contributed by atoms with Gasteiger partial charge < -0.3 is 4.74 Å². The fourth-order valence-corrected chi connectivity index (χ4v) is 2.70. The highest BCUT2D eigenvalue weighted by atomic mass is 19.1. The van der Waals surface area contributed by atoms with Crippen molar-refractivity contribution in [2.45, 2.75) is 0 Å². The number of ether oxygens (including phenoxy) is 1. The second kappa shape index (κ2) is 6.76. The minimum absolute atomic E-state index is 0.297. The van der Waals surface area contributed by atoms with Gasteiger partial charge in [-0.05, 0) is 54.6 Å². The molecule has 1 aromatic heterocycles. The molecule has 0 atom stereocenters. The lowest BCUT2D eigenvalue weighted by Crippen LogP contribution is -2.19. The summed E-state index contributed by atoms with van der Waals surface area (Å²) in [6, 6.07) is 15.5. The standard InChI is InChI=1S/C20H15FN4O/c1-26-16-8-9-18-17(11-16)19(13-4-6-15(21)7-5-13)24-25-20(23-18)14-3-2-10-22-12-14/h2-12H,1H3,(H,23,25). The van der Waals surface area contributed by atoms with E-state index in [1.807, 2.05) is 30.3 Å². The molecule has 1 aliphatic rings. The van der Waals surface area contributed by atoms with Crippen molar-refractivity contribution in [3.8, 4) is 5.75 Å². The number of fused-ring (bicyclic) bond motifs is 1. The Bertz CT molecular complexity index is 998. The number of aliphatic imine (C=N–C) groups is 1. The summed E-state index contributed by atoms with van der Waals surface area (Å²) < 4.78 is 18.7. The highest BCUT2D eigenvalue weighted by Crippen LogP contribution is 2.29. The van der Waals surface area contributed by atoms with E-state index in [1.54, 1.807) is 31.6 Å². The number of rotatable bonds is 3.